The lowest BCUT2D eigenvalue weighted by atomic mass is 9.99. The molecule has 0 saturated carbocycles. The second-order valence-electron chi connectivity index (χ2n) is 4.50. The first kappa shape index (κ1) is 12.7. The minimum atomic E-state index is 0.229. The highest BCUT2D eigenvalue weighted by atomic mass is 14.9. The summed E-state index contributed by atoms with van der Waals surface area (Å²) in [4.78, 5) is 8.64. The SMILES string of the molecule is CNC(Cc1ccccc1C)c1ccnc(C)n1. The number of hydrogen-bond acceptors (Lipinski definition) is 3. The lowest BCUT2D eigenvalue weighted by Gasteiger charge is -2.17. The molecule has 0 aliphatic carbocycles. The Hall–Kier alpha value is -1.74. The highest BCUT2D eigenvalue weighted by Crippen LogP contribution is 2.18. The van der Waals surface area contributed by atoms with E-state index in [1.807, 2.05) is 26.2 Å². The van der Waals surface area contributed by atoms with Gasteiger partial charge in [-0.1, -0.05) is 24.3 Å². The van der Waals surface area contributed by atoms with Crippen LogP contribution in [0.4, 0.5) is 0 Å². The van der Waals surface area contributed by atoms with Crippen LogP contribution in [0, 0.1) is 13.8 Å². The molecule has 0 spiro atoms. The fourth-order valence-electron chi connectivity index (χ4n) is 2.08. The Balaban J connectivity index is 2.23. The van der Waals surface area contributed by atoms with Crippen LogP contribution < -0.4 is 5.32 Å². The van der Waals surface area contributed by atoms with Gasteiger partial charge in [-0.3, -0.25) is 0 Å². The quantitative estimate of drug-likeness (QED) is 0.894. The Morgan fingerprint density at radius 2 is 1.94 bits per heavy atom. The van der Waals surface area contributed by atoms with Gasteiger partial charge in [0.05, 0.1) is 11.7 Å². The van der Waals surface area contributed by atoms with E-state index < -0.39 is 0 Å². The van der Waals surface area contributed by atoms with Gasteiger partial charge in [-0.2, -0.15) is 0 Å². The number of nitrogens with one attached hydrogen (secondary N) is 1. The topological polar surface area (TPSA) is 37.8 Å². The van der Waals surface area contributed by atoms with Crippen LogP contribution in [-0.2, 0) is 6.42 Å². The van der Waals surface area contributed by atoms with Gasteiger partial charge in [0, 0.05) is 6.20 Å². The number of benzene rings is 1. The summed E-state index contributed by atoms with van der Waals surface area (Å²) in [6.07, 6.45) is 2.76. The Kier molecular flexibility index (Phi) is 4.05. The first-order valence-electron chi connectivity index (χ1n) is 6.22. The molecular weight excluding hydrogens is 222 g/mol. The van der Waals surface area contributed by atoms with Crippen LogP contribution in [0.1, 0.15) is 28.7 Å². The molecule has 0 bridgehead atoms. The molecule has 1 unspecified atom stereocenters. The minimum Gasteiger partial charge on any atom is -0.311 e. The average molecular weight is 241 g/mol. The molecule has 0 saturated heterocycles. The van der Waals surface area contributed by atoms with Crippen molar-refractivity contribution in [1.82, 2.24) is 15.3 Å². The summed E-state index contributed by atoms with van der Waals surface area (Å²) in [6, 6.07) is 10.7. The van der Waals surface area contributed by atoms with E-state index in [1.165, 1.54) is 11.1 Å². The second-order valence-corrected chi connectivity index (χ2v) is 4.50. The Morgan fingerprint density at radius 3 is 2.61 bits per heavy atom. The van der Waals surface area contributed by atoms with Gasteiger partial charge in [-0.05, 0) is 44.5 Å². The summed E-state index contributed by atoms with van der Waals surface area (Å²) in [6.45, 7) is 4.07. The molecular formula is C15H19N3. The predicted molar refractivity (Wildman–Crippen MR) is 73.5 cm³/mol. The minimum absolute atomic E-state index is 0.229. The van der Waals surface area contributed by atoms with Gasteiger partial charge in [0.1, 0.15) is 5.82 Å². The molecule has 2 rings (SSSR count). The fraction of sp³-hybridized carbons (Fsp3) is 0.333. The molecule has 94 valence electrons. The summed E-state index contributed by atoms with van der Waals surface area (Å²) < 4.78 is 0. The Labute approximate surface area is 108 Å². The number of nitrogens with zero attached hydrogens (tertiary/aromatic N) is 2. The summed E-state index contributed by atoms with van der Waals surface area (Å²) >= 11 is 0. The molecule has 1 atom stereocenters. The number of rotatable bonds is 4. The highest BCUT2D eigenvalue weighted by Gasteiger charge is 2.12. The molecule has 0 aliphatic rings. The van der Waals surface area contributed by atoms with E-state index in [0.717, 1.165) is 17.9 Å². The van der Waals surface area contributed by atoms with Gasteiger partial charge in [-0.15, -0.1) is 0 Å². The monoisotopic (exact) mass is 241 g/mol. The predicted octanol–water partition coefficient (Wildman–Crippen LogP) is 2.60. The molecule has 0 amide bonds. The van der Waals surface area contributed by atoms with Crippen LogP contribution in [0.15, 0.2) is 36.5 Å². The van der Waals surface area contributed by atoms with Crippen molar-refractivity contribution < 1.29 is 0 Å². The molecule has 1 aromatic heterocycles. The van der Waals surface area contributed by atoms with Crippen LogP contribution in [0.3, 0.4) is 0 Å². The standard InChI is InChI=1S/C15H19N3/c1-11-6-4-5-7-13(11)10-15(16-3)14-8-9-17-12(2)18-14/h4-9,15-16H,10H2,1-3H3. The zero-order chi connectivity index (χ0) is 13.0. The first-order valence-corrected chi connectivity index (χ1v) is 6.22. The zero-order valence-electron chi connectivity index (χ0n) is 11.1. The maximum Gasteiger partial charge on any atom is 0.125 e. The smallest absolute Gasteiger partial charge is 0.125 e. The first-order chi connectivity index (χ1) is 8.70. The third kappa shape index (κ3) is 2.93. The van der Waals surface area contributed by atoms with Gasteiger partial charge < -0.3 is 5.32 Å². The average Bonchev–Trinajstić information content (AvgIpc) is 2.38. The van der Waals surface area contributed by atoms with Gasteiger partial charge in [0.25, 0.3) is 0 Å². The number of aromatic nitrogens is 2. The maximum absolute atomic E-state index is 4.50. The van der Waals surface area contributed by atoms with Gasteiger partial charge in [0.2, 0.25) is 0 Å². The second kappa shape index (κ2) is 5.74. The van der Waals surface area contributed by atoms with Crippen molar-refractivity contribution in [1.29, 1.82) is 0 Å². The van der Waals surface area contributed by atoms with Crippen LogP contribution in [0.25, 0.3) is 0 Å². The molecule has 18 heavy (non-hydrogen) atoms. The highest BCUT2D eigenvalue weighted by molar-refractivity contribution is 5.27. The van der Waals surface area contributed by atoms with Crippen molar-refractivity contribution in [2.45, 2.75) is 26.3 Å². The van der Waals surface area contributed by atoms with Crippen molar-refractivity contribution in [3.8, 4) is 0 Å². The van der Waals surface area contributed by atoms with E-state index in [1.54, 1.807) is 0 Å². The number of aryl methyl sites for hydroxylation is 2. The third-order valence-electron chi connectivity index (χ3n) is 3.19. The summed E-state index contributed by atoms with van der Waals surface area (Å²) in [5, 5.41) is 3.33. The molecule has 1 N–H and O–H groups in total. The van der Waals surface area contributed by atoms with E-state index in [-0.39, 0.29) is 6.04 Å². The maximum atomic E-state index is 4.50. The Bertz CT molecular complexity index is 523. The van der Waals surface area contributed by atoms with Crippen LogP contribution >= 0.6 is 0 Å². The van der Waals surface area contributed by atoms with E-state index in [9.17, 15) is 0 Å². The van der Waals surface area contributed by atoms with Crippen LogP contribution in [0.5, 0.6) is 0 Å². The van der Waals surface area contributed by atoms with E-state index >= 15 is 0 Å². The number of likely N-dealkylation sites (N-methyl/N-ethyl adjacent to an activating group) is 1. The van der Waals surface area contributed by atoms with Gasteiger partial charge >= 0.3 is 0 Å². The lowest BCUT2D eigenvalue weighted by Crippen LogP contribution is -2.20. The third-order valence-corrected chi connectivity index (χ3v) is 3.19. The van der Waals surface area contributed by atoms with E-state index in [0.29, 0.717) is 0 Å². The van der Waals surface area contributed by atoms with Gasteiger partial charge in [-0.25, -0.2) is 9.97 Å². The van der Waals surface area contributed by atoms with Crippen molar-refractivity contribution >= 4 is 0 Å². The molecule has 2 aromatic rings. The van der Waals surface area contributed by atoms with E-state index in [4.69, 9.17) is 0 Å². The largest absolute Gasteiger partial charge is 0.311 e. The molecule has 3 heteroatoms. The fourth-order valence-corrected chi connectivity index (χ4v) is 2.08. The van der Waals surface area contributed by atoms with Crippen LogP contribution in [-0.4, -0.2) is 17.0 Å². The van der Waals surface area contributed by atoms with E-state index in [2.05, 4.69) is 46.5 Å². The van der Waals surface area contributed by atoms with Crippen molar-refractivity contribution in [3.05, 3.63) is 59.2 Å². The summed E-state index contributed by atoms with van der Waals surface area (Å²) in [7, 11) is 1.97. The summed E-state index contributed by atoms with van der Waals surface area (Å²) in [5.74, 6) is 0.817. The van der Waals surface area contributed by atoms with Crippen molar-refractivity contribution in [2.75, 3.05) is 7.05 Å². The zero-order valence-corrected chi connectivity index (χ0v) is 11.1. The normalized spacial score (nSPS) is 12.4. The number of hydrogen-bond donors (Lipinski definition) is 1. The lowest BCUT2D eigenvalue weighted by molar-refractivity contribution is 0.571. The molecule has 1 heterocycles. The molecule has 0 radical (unpaired) electrons. The van der Waals surface area contributed by atoms with Crippen molar-refractivity contribution in [3.63, 3.8) is 0 Å². The molecule has 0 aliphatic heterocycles. The van der Waals surface area contributed by atoms with Crippen molar-refractivity contribution in [2.24, 2.45) is 0 Å². The van der Waals surface area contributed by atoms with Gasteiger partial charge in [0.15, 0.2) is 0 Å². The Morgan fingerprint density at radius 1 is 1.17 bits per heavy atom. The molecule has 3 nitrogen and oxygen atoms in total. The molecule has 1 aromatic carbocycles. The summed E-state index contributed by atoms with van der Waals surface area (Å²) in [5.41, 5.74) is 3.73. The molecule has 0 fully saturated rings. The van der Waals surface area contributed by atoms with Crippen LogP contribution in [0.2, 0.25) is 0 Å².